The van der Waals surface area contributed by atoms with E-state index < -0.39 is 9.84 Å². The van der Waals surface area contributed by atoms with Crippen molar-refractivity contribution in [3.63, 3.8) is 0 Å². The summed E-state index contributed by atoms with van der Waals surface area (Å²) in [7, 11) is -2.88. The molecule has 1 saturated heterocycles. The molecule has 1 aliphatic carbocycles. The van der Waals surface area contributed by atoms with Gasteiger partial charge in [-0.3, -0.25) is 0 Å². The lowest BCUT2D eigenvalue weighted by Crippen LogP contribution is -2.39. The van der Waals surface area contributed by atoms with E-state index in [-0.39, 0.29) is 29.5 Å². The molecule has 114 valence electrons. The number of hydrogen-bond acceptors (Lipinski definition) is 3. The first-order chi connectivity index (χ1) is 10.0. The van der Waals surface area contributed by atoms with E-state index in [9.17, 15) is 13.2 Å². The number of amides is 2. The van der Waals surface area contributed by atoms with Crippen LogP contribution in [0.1, 0.15) is 30.0 Å². The number of carbonyl (C=O) groups is 1. The second kappa shape index (κ2) is 5.67. The maximum atomic E-state index is 12.0. The van der Waals surface area contributed by atoms with Gasteiger partial charge in [-0.2, -0.15) is 0 Å². The molecule has 0 spiro atoms. The Morgan fingerprint density at radius 2 is 2.05 bits per heavy atom. The Morgan fingerprint density at radius 3 is 2.81 bits per heavy atom. The molecule has 1 fully saturated rings. The molecule has 0 saturated carbocycles. The first-order valence-electron chi connectivity index (χ1n) is 7.36. The first kappa shape index (κ1) is 14.4. The molecule has 1 aromatic carbocycles. The third-order valence-corrected chi connectivity index (χ3v) is 6.15. The largest absolute Gasteiger partial charge is 0.338 e. The average Bonchev–Trinajstić information content (AvgIpc) is 3.01. The SMILES string of the molecule is O=C(NC[C@@H]1CCS(=O)(=O)C1)N[C@H]1CCc2ccccc21. The number of fused-ring (bicyclic) bond motifs is 1. The fraction of sp³-hybridized carbons (Fsp3) is 0.533. The number of urea groups is 1. The summed E-state index contributed by atoms with van der Waals surface area (Å²) in [5.74, 6) is 0.493. The lowest BCUT2D eigenvalue weighted by atomic mass is 10.1. The molecule has 1 aromatic rings. The van der Waals surface area contributed by atoms with E-state index >= 15 is 0 Å². The van der Waals surface area contributed by atoms with Gasteiger partial charge in [-0.1, -0.05) is 24.3 Å². The molecule has 6 heteroatoms. The van der Waals surface area contributed by atoms with Crippen LogP contribution < -0.4 is 10.6 Å². The van der Waals surface area contributed by atoms with Crippen molar-refractivity contribution in [2.45, 2.75) is 25.3 Å². The third-order valence-electron chi connectivity index (χ3n) is 4.32. The van der Waals surface area contributed by atoms with E-state index in [1.54, 1.807) is 0 Å². The van der Waals surface area contributed by atoms with Gasteiger partial charge in [0.05, 0.1) is 17.5 Å². The second-order valence-electron chi connectivity index (χ2n) is 5.91. The molecule has 2 N–H and O–H groups in total. The van der Waals surface area contributed by atoms with E-state index in [0.29, 0.717) is 13.0 Å². The van der Waals surface area contributed by atoms with Gasteiger partial charge < -0.3 is 10.6 Å². The van der Waals surface area contributed by atoms with Crippen molar-refractivity contribution in [2.75, 3.05) is 18.1 Å². The molecule has 1 aliphatic heterocycles. The Kier molecular flexibility index (Phi) is 3.89. The summed E-state index contributed by atoms with van der Waals surface area (Å²) < 4.78 is 22.7. The van der Waals surface area contributed by atoms with E-state index in [0.717, 1.165) is 12.8 Å². The fourth-order valence-corrected chi connectivity index (χ4v) is 5.05. The molecule has 0 bridgehead atoms. The minimum atomic E-state index is -2.88. The number of benzene rings is 1. The van der Waals surface area contributed by atoms with Crippen LogP contribution in [0.5, 0.6) is 0 Å². The summed E-state index contributed by atoms with van der Waals surface area (Å²) in [4.78, 5) is 12.0. The Bertz CT molecular complexity index is 642. The van der Waals surface area contributed by atoms with Gasteiger partial charge in [0.2, 0.25) is 0 Å². The van der Waals surface area contributed by atoms with Gasteiger partial charge in [-0.15, -0.1) is 0 Å². The van der Waals surface area contributed by atoms with Gasteiger partial charge in [0.25, 0.3) is 0 Å². The highest BCUT2D eigenvalue weighted by molar-refractivity contribution is 7.91. The smallest absolute Gasteiger partial charge is 0.315 e. The number of aryl methyl sites for hydroxylation is 1. The molecule has 1 heterocycles. The van der Waals surface area contributed by atoms with Gasteiger partial charge in [0.15, 0.2) is 9.84 Å². The lowest BCUT2D eigenvalue weighted by molar-refractivity contribution is 0.235. The number of hydrogen-bond donors (Lipinski definition) is 2. The molecule has 2 amide bonds. The molecular weight excluding hydrogens is 288 g/mol. The van der Waals surface area contributed by atoms with Crippen LogP contribution in [-0.4, -0.2) is 32.5 Å². The molecule has 2 aliphatic rings. The number of nitrogens with one attached hydrogen (secondary N) is 2. The molecule has 2 atom stereocenters. The molecule has 5 nitrogen and oxygen atoms in total. The summed E-state index contributed by atoms with van der Waals surface area (Å²) in [6.07, 6.45) is 2.56. The minimum absolute atomic E-state index is 0.0524. The first-order valence-corrected chi connectivity index (χ1v) is 9.18. The molecular formula is C15H20N2O3S. The zero-order valence-electron chi connectivity index (χ0n) is 11.8. The summed E-state index contributed by atoms with van der Waals surface area (Å²) in [5.41, 5.74) is 2.49. The highest BCUT2D eigenvalue weighted by Gasteiger charge is 2.28. The Morgan fingerprint density at radius 1 is 1.24 bits per heavy atom. The zero-order chi connectivity index (χ0) is 14.9. The van der Waals surface area contributed by atoms with Gasteiger partial charge in [-0.25, -0.2) is 13.2 Å². The van der Waals surface area contributed by atoms with Crippen LogP contribution in [0.3, 0.4) is 0 Å². The topological polar surface area (TPSA) is 75.3 Å². The molecule has 0 unspecified atom stereocenters. The Labute approximate surface area is 125 Å². The summed E-state index contributed by atoms with van der Waals surface area (Å²) in [6.45, 7) is 0.430. The van der Waals surface area contributed by atoms with Crippen LogP contribution in [0.4, 0.5) is 4.79 Å². The summed E-state index contributed by atoms with van der Waals surface area (Å²) in [5, 5.41) is 5.79. The Balaban J connectivity index is 1.50. The number of rotatable bonds is 3. The van der Waals surface area contributed by atoms with Crippen molar-refractivity contribution in [1.82, 2.24) is 10.6 Å². The predicted molar refractivity (Wildman–Crippen MR) is 80.8 cm³/mol. The van der Waals surface area contributed by atoms with Crippen LogP contribution in [-0.2, 0) is 16.3 Å². The van der Waals surface area contributed by atoms with Gasteiger partial charge >= 0.3 is 6.03 Å². The standard InChI is InChI=1S/C15H20N2O3S/c18-15(16-9-11-7-8-21(19,20)10-11)17-14-6-5-12-3-1-2-4-13(12)14/h1-4,11,14H,5-10H2,(H2,16,17,18)/t11-,14-/m0/s1. The lowest BCUT2D eigenvalue weighted by Gasteiger charge is -2.16. The highest BCUT2D eigenvalue weighted by atomic mass is 32.2. The fourth-order valence-electron chi connectivity index (χ4n) is 3.19. The maximum Gasteiger partial charge on any atom is 0.315 e. The van der Waals surface area contributed by atoms with Crippen LogP contribution in [0.15, 0.2) is 24.3 Å². The molecule has 21 heavy (non-hydrogen) atoms. The van der Waals surface area contributed by atoms with Gasteiger partial charge in [0, 0.05) is 6.54 Å². The predicted octanol–water partition coefficient (Wildman–Crippen LogP) is 1.41. The normalized spacial score (nSPS) is 26.3. The quantitative estimate of drug-likeness (QED) is 0.886. The van der Waals surface area contributed by atoms with Gasteiger partial charge in [-0.05, 0) is 36.3 Å². The van der Waals surface area contributed by atoms with Crippen molar-refractivity contribution in [2.24, 2.45) is 5.92 Å². The van der Waals surface area contributed by atoms with Crippen LogP contribution in [0.25, 0.3) is 0 Å². The second-order valence-corrected chi connectivity index (χ2v) is 8.14. The zero-order valence-corrected chi connectivity index (χ0v) is 12.7. The van der Waals surface area contributed by atoms with Crippen molar-refractivity contribution < 1.29 is 13.2 Å². The number of sulfone groups is 1. The maximum absolute atomic E-state index is 12.0. The van der Waals surface area contributed by atoms with Crippen molar-refractivity contribution in [3.8, 4) is 0 Å². The van der Waals surface area contributed by atoms with Crippen molar-refractivity contribution >= 4 is 15.9 Å². The molecule has 0 radical (unpaired) electrons. The monoisotopic (exact) mass is 308 g/mol. The van der Waals surface area contributed by atoms with Crippen LogP contribution in [0.2, 0.25) is 0 Å². The van der Waals surface area contributed by atoms with E-state index in [1.807, 2.05) is 12.1 Å². The van der Waals surface area contributed by atoms with Crippen LogP contribution >= 0.6 is 0 Å². The summed E-state index contributed by atoms with van der Waals surface area (Å²) >= 11 is 0. The van der Waals surface area contributed by atoms with Crippen LogP contribution in [0, 0.1) is 5.92 Å². The highest BCUT2D eigenvalue weighted by Crippen LogP contribution is 2.30. The van der Waals surface area contributed by atoms with E-state index in [1.165, 1.54) is 11.1 Å². The molecule has 0 aromatic heterocycles. The van der Waals surface area contributed by atoms with E-state index in [4.69, 9.17) is 0 Å². The minimum Gasteiger partial charge on any atom is -0.338 e. The third kappa shape index (κ3) is 3.37. The van der Waals surface area contributed by atoms with E-state index in [2.05, 4.69) is 22.8 Å². The van der Waals surface area contributed by atoms with Crippen molar-refractivity contribution in [3.05, 3.63) is 35.4 Å². The van der Waals surface area contributed by atoms with Crippen molar-refractivity contribution in [1.29, 1.82) is 0 Å². The summed E-state index contributed by atoms with van der Waals surface area (Å²) in [6, 6.07) is 8.01. The Hall–Kier alpha value is -1.56. The molecule has 3 rings (SSSR count). The van der Waals surface area contributed by atoms with Gasteiger partial charge in [0.1, 0.15) is 0 Å². The number of carbonyl (C=O) groups excluding carboxylic acids is 1. The average molecular weight is 308 g/mol.